The molecule has 0 N–H and O–H groups in total. The van der Waals surface area contributed by atoms with Gasteiger partial charge in [-0.15, -0.1) is 0 Å². The zero-order valence-corrected chi connectivity index (χ0v) is 9.34. The summed E-state index contributed by atoms with van der Waals surface area (Å²) in [4.78, 5) is 0. The lowest BCUT2D eigenvalue weighted by atomic mass is 10.2. The van der Waals surface area contributed by atoms with Crippen molar-refractivity contribution in [3.8, 4) is 5.69 Å². The first-order valence-electron chi connectivity index (χ1n) is 4.98. The third-order valence-electron chi connectivity index (χ3n) is 2.54. The van der Waals surface area contributed by atoms with Crippen molar-refractivity contribution in [2.45, 2.75) is 18.4 Å². The molecule has 1 aromatic heterocycles. The van der Waals surface area contributed by atoms with Crippen LogP contribution in [0.2, 0.25) is 0 Å². The summed E-state index contributed by atoms with van der Waals surface area (Å²) in [6, 6.07) is 8.35. The average Bonchev–Trinajstić information content (AvgIpc) is 2.76. The van der Waals surface area contributed by atoms with Crippen molar-refractivity contribution in [3.63, 3.8) is 0 Å². The second-order valence-electron chi connectivity index (χ2n) is 3.78. The molecular weight excluding hydrogens is 204 g/mol. The van der Waals surface area contributed by atoms with E-state index in [0.717, 1.165) is 17.2 Å². The van der Waals surface area contributed by atoms with Gasteiger partial charge in [0.2, 0.25) is 0 Å². The van der Waals surface area contributed by atoms with Crippen molar-refractivity contribution in [3.05, 3.63) is 47.3 Å². The predicted molar refractivity (Wildman–Crippen MR) is 62.1 cm³/mol. The van der Waals surface area contributed by atoms with Gasteiger partial charge in [0.1, 0.15) is 0 Å². The van der Waals surface area contributed by atoms with E-state index in [1.807, 2.05) is 16.4 Å². The maximum absolute atomic E-state index is 4.54. The number of hydrogen-bond donors (Lipinski definition) is 0. The summed E-state index contributed by atoms with van der Waals surface area (Å²) in [5.74, 6) is 2.09. The van der Waals surface area contributed by atoms with Gasteiger partial charge in [0, 0.05) is 17.1 Å². The second kappa shape index (κ2) is 3.42. The highest BCUT2D eigenvalue weighted by molar-refractivity contribution is 7.98. The van der Waals surface area contributed by atoms with Crippen molar-refractivity contribution < 1.29 is 0 Å². The first-order valence-corrected chi connectivity index (χ1v) is 6.13. The van der Waals surface area contributed by atoms with Gasteiger partial charge in [-0.1, -0.05) is 12.1 Å². The lowest BCUT2D eigenvalue weighted by Gasteiger charge is -2.01. The van der Waals surface area contributed by atoms with Crippen LogP contribution in [0.5, 0.6) is 0 Å². The van der Waals surface area contributed by atoms with Gasteiger partial charge in [-0.25, -0.2) is 4.68 Å². The molecule has 0 unspecified atom stereocenters. The van der Waals surface area contributed by atoms with Crippen molar-refractivity contribution in [2.24, 2.45) is 0 Å². The van der Waals surface area contributed by atoms with Crippen LogP contribution in [0.25, 0.3) is 5.69 Å². The Bertz CT molecular complexity index is 481. The minimum Gasteiger partial charge on any atom is -0.231 e. The SMILES string of the molecule is Cc1cccc(-n2[c]c3c(n2)CSC3)c1. The minimum atomic E-state index is 1.03. The van der Waals surface area contributed by atoms with E-state index in [9.17, 15) is 0 Å². The van der Waals surface area contributed by atoms with Crippen molar-refractivity contribution in [1.29, 1.82) is 0 Å². The zero-order chi connectivity index (χ0) is 10.3. The number of thioether (sulfide) groups is 1. The van der Waals surface area contributed by atoms with Gasteiger partial charge < -0.3 is 0 Å². The van der Waals surface area contributed by atoms with E-state index in [0.29, 0.717) is 0 Å². The van der Waals surface area contributed by atoms with Gasteiger partial charge in [0.25, 0.3) is 0 Å². The summed E-state index contributed by atoms with van der Waals surface area (Å²) in [5.41, 5.74) is 4.82. The van der Waals surface area contributed by atoms with Crippen LogP contribution in [0.15, 0.2) is 24.3 Å². The fourth-order valence-corrected chi connectivity index (χ4v) is 2.72. The van der Waals surface area contributed by atoms with Crippen LogP contribution in [0.4, 0.5) is 0 Å². The van der Waals surface area contributed by atoms with E-state index in [1.54, 1.807) is 0 Å². The molecule has 3 heteroatoms. The van der Waals surface area contributed by atoms with Gasteiger partial charge in [-0.3, -0.25) is 0 Å². The summed E-state index contributed by atoms with van der Waals surface area (Å²) < 4.78 is 1.87. The summed E-state index contributed by atoms with van der Waals surface area (Å²) in [5, 5.41) is 4.54. The second-order valence-corrected chi connectivity index (χ2v) is 4.77. The maximum atomic E-state index is 4.54. The Labute approximate surface area is 93.3 Å². The molecular formula is C12H11N2S. The van der Waals surface area contributed by atoms with E-state index in [4.69, 9.17) is 0 Å². The monoisotopic (exact) mass is 215 g/mol. The van der Waals surface area contributed by atoms with Crippen LogP contribution in [0.3, 0.4) is 0 Å². The first-order chi connectivity index (χ1) is 7.33. The molecule has 3 rings (SSSR count). The Hall–Kier alpha value is -1.22. The van der Waals surface area contributed by atoms with Gasteiger partial charge in [0.05, 0.1) is 17.6 Å². The molecule has 0 aliphatic carbocycles. The zero-order valence-electron chi connectivity index (χ0n) is 8.53. The third kappa shape index (κ3) is 1.57. The molecule has 0 saturated carbocycles. The number of aromatic nitrogens is 2. The standard InChI is InChI=1S/C12H11N2S/c1-9-3-2-4-11(5-9)14-6-10-7-15-8-12(10)13-14/h2-5H,7-8H2,1H3. The topological polar surface area (TPSA) is 17.8 Å². The van der Waals surface area contributed by atoms with Crippen molar-refractivity contribution in [1.82, 2.24) is 9.78 Å². The summed E-state index contributed by atoms with van der Waals surface area (Å²) in [6.07, 6.45) is 3.32. The smallest absolute Gasteiger partial charge is 0.0973 e. The molecule has 2 heterocycles. The molecule has 0 saturated heterocycles. The number of nitrogens with zero attached hydrogens (tertiary/aromatic N) is 2. The largest absolute Gasteiger partial charge is 0.231 e. The van der Waals surface area contributed by atoms with Crippen LogP contribution in [0, 0.1) is 13.1 Å². The number of fused-ring (bicyclic) bond motifs is 1. The van der Waals surface area contributed by atoms with E-state index >= 15 is 0 Å². The summed E-state index contributed by atoms with van der Waals surface area (Å²) in [7, 11) is 0. The molecule has 0 bridgehead atoms. The van der Waals surface area contributed by atoms with Crippen LogP contribution >= 0.6 is 11.8 Å². The van der Waals surface area contributed by atoms with E-state index < -0.39 is 0 Å². The van der Waals surface area contributed by atoms with Gasteiger partial charge in [-0.2, -0.15) is 16.9 Å². The molecule has 0 spiro atoms. The Kier molecular flexibility index (Phi) is 2.06. The molecule has 1 radical (unpaired) electrons. The van der Waals surface area contributed by atoms with Crippen molar-refractivity contribution in [2.75, 3.05) is 0 Å². The van der Waals surface area contributed by atoms with Gasteiger partial charge in [0.15, 0.2) is 0 Å². The number of hydrogen-bond acceptors (Lipinski definition) is 2. The number of aryl methyl sites for hydroxylation is 1. The number of rotatable bonds is 1. The van der Waals surface area contributed by atoms with Crippen LogP contribution in [-0.2, 0) is 11.5 Å². The average molecular weight is 215 g/mol. The van der Waals surface area contributed by atoms with Gasteiger partial charge in [-0.05, 0) is 24.6 Å². The quantitative estimate of drug-likeness (QED) is 0.728. The minimum absolute atomic E-state index is 1.03. The van der Waals surface area contributed by atoms with Crippen LogP contribution in [-0.4, -0.2) is 9.78 Å². The highest BCUT2D eigenvalue weighted by atomic mass is 32.2. The molecule has 0 fully saturated rings. The normalized spacial score (nSPS) is 14.2. The third-order valence-corrected chi connectivity index (χ3v) is 3.51. The molecule has 1 aliphatic rings. The van der Waals surface area contributed by atoms with E-state index in [1.165, 1.54) is 16.8 Å². The Balaban J connectivity index is 2.06. The Morgan fingerprint density at radius 3 is 3.13 bits per heavy atom. The van der Waals surface area contributed by atoms with E-state index in [2.05, 4.69) is 42.5 Å². The highest BCUT2D eigenvalue weighted by Crippen LogP contribution is 2.28. The predicted octanol–water partition coefficient (Wildman–Crippen LogP) is 2.73. The van der Waals surface area contributed by atoms with Crippen LogP contribution < -0.4 is 0 Å². The lowest BCUT2D eigenvalue weighted by Crippen LogP contribution is -1.96. The fraction of sp³-hybridized carbons (Fsp3) is 0.250. The molecule has 0 atom stereocenters. The highest BCUT2D eigenvalue weighted by Gasteiger charge is 2.16. The fourth-order valence-electron chi connectivity index (χ4n) is 1.76. The van der Waals surface area contributed by atoms with Crippen molar-refractivity contribution >= 4 is 11.8 Å². The summed E-state index contributed by atoms with van der Waals surface area (Å²) >= 11 is 1.91. The molecule has 0 amide bonds. The maximum Gasteiger partial charge on any atom is 0.0973 e. The molecule has 1 aliphatic heterocycles. The Morgan fingerprint density at radius 1 is 1.40 bits per heavy atom. The van der Waals surface area contributed by atoms with E-state index in [-0.39, 0.29) is 0 Å². The molecule has 75 valence electrons. The number of benzene rings is 1. The molecule has 15 heavy (non-hydrogen) atoms. The summed E-state index contributed by atoms with van der Waals surface area (Å²) in [6.45, 7) is 2.09. The lowest BCUT2D eigenvalue weighted by molar-refractivity contribution is 0.852. The van der Waals surface area contributed by atoms with Crippen LogP contribution in [0.1, 0.15) is 16.8 Å². The molecule has 2 nitrogen and oxygen atoms in total. The molecule has 2 aromatic rings. The van der Waals surface area contributed by atoms with Gasteiger partial charge >= 0.3 is 0 Å². The Morgan fingerprint density at radius 2 is 2.33 bits per heavy atom. The molecule has 1 aromatic carbocycles. The first kappa shape index (κ1) is 9.04.